The summed E-state index contributed by atoms with van der Waals surface area (Å²) in [6, 6.07) is 3.27. The highest BCUT2D eigenvalue weighted by Crippen LogP contribution is 2.29. The molecule has 0 aliphatic rings. The molecule has 1 aromatic rings. The Hall–Kier alpha value is -1.00. The number of benzene rings is 1. The van der Waals surface area contributed by atoms with Gasteiger partial charge in [-0.3, -0.25) is 0 Å². The van der Waals surface area contributed by atoms with Crippen LogP contribution in [-0.2, 0) is 0 Å². The smallest absolute Gasteiger partial charge is 0.126 e. The second-order valence-corrected chi connectivity index (χ2v) is 5.88. The molecule has 0 heterocycles. The molecule has 102 valence electrons. The van der Waals surface area contributed by atoms with Gasteiger partial charge in [0, 0.05) is 18.5 Å². The summed E-state index contributed by atoms with van der Waals surface area (Å²) in [6.45, 7) is 6.14. The highest BCUT2D eigenvalue weighted by atomic mass is 19.1. The van der Waals surface area contributed by atoms with Crippen LogP contribution in [0.2, 0.25) is 0 Å². The lowest BCUT2D eigenvalue weighted by Crippen LogP contribution is -2.29. The van der Waals surface area contributed by atoms with Crippen LogP contribution in [-0.4, -0.2) is 17.8 Å². The number of aliphatic hydroxyl groups excluding tert-OH is 1. The van der Waals surface area contributed by atoms with E-state index in [9.17, 15) is 13.9 Å². The van der Waals surface area contributed by atoms with E-state index in [2.05, 4.69) is 0 Å². The third-order valence-corrected chi connectivity index (χ3v) is 2.85. The third kappa shape index (κ3) is 4.35. The Labute approximate surface area is 107 Å². The molecule has 0 aliphatic heterocycles. The zero-order valence-corrected chi connectivity index (χ0v) is 11.1. The number of halogens is 2. The van der Waals surface area contributed by atoms with Gasteiger partial charge in [-0.15, -0.1) is 0 Å². The van der Waals surface area contributed by atoms with E-state index in [-0.39, 0.29) is 12.0 Å². The lowest BCUT2D eigenvalue weighted by Gasteiger charge is -2.28. The first-order chi connectivity index (χ1) is 8.23. The van der Waals surface area contributed by atoms with Gasteiger partial charge in [-0.25, -0.2) is 8.78 Å². The first kappa shape index (κ1) is 15.1. The largest absolute Gasteiger partial charge is 0.392 e. The van der Waals surface area contributed by atoms with Gasteiger partial charge >= 0.3 is 0 Å². The Morgan fingerprint density at radius 2 is 1.67 bits per heavy atom. The van der Waals surface area contributed by atoms with E-state index in [1.165, 1.54) is 12.1 Å². The number of hydrogen-bond donors (Lipinski definition) is 2. The van der Waals surface area contributed by atoms with Crippen molar-refractivity contribution in [2.24, 2.45) is 11.1 Å². The fraction of sp³-hybridized carbons (Fsp3) is 0.571. The first-order valence-electron chi connectivity index (χ1n) is 6.07. The molecule has 18 heavy (non-hydrogen) atoms. The van der Waals surface area contributed by atoms with Gasteiger partial charge in [-0.2, -0.15) is 0 Å². The van der Waals surface area contributed by atoms with Crippen LogP contribution < -0.4 is 5.73 Å². The maximum atomic E-state index is 13.2. The fourth-order valence-electron chi connectivity index (χ4n) is 2.07. The first-order valence-corrected chi connectivity index (χ1v) is 6.07. The van der Waals surface area contributed by atoms with Crippen molar-refractivity contribution in [1.29, 1.82) is 0 Å². The normalized spacial score (nSPS) is 15.5. The van der Waals surface area contributed by atoms with Gasteiger partial charge < -0.3 is 10.8 Å². The number of hydrogen-bond acceptors (Lipinski definition) is 2. The van der Waals surface area contributed by atoms with E-state index in [4.69, 9.17) is 5.73 Å². The summed E-state index contributed by atoms with van der Waals surface area (Å²) in [5.74, 6) is -1.74. The Morgan fingerprint density at radius 3 is 2.06 bits per heavy atom. The van der Waals surface area contributed by atoms with Crippen LogP contribution in [0, 0.1) is 17.0 Å². The molecule has 3 N–H and O–H groups in total. The maximum absolute atomic E-state index is 13.2. The van der Waals surface area contributed by atoms with Crippen molar-refractivity contribution in [3.63, 3.8) is 0 Å². The summed E-state index contributed by atoms with van der Waals surface area (Å²) in [4.78, 5) is 0. The maximum Gasteiger partial charge on any atom is 0.126 e. The Morgan fingerprint density at radius 1 is 1.17 bits per heavy atom. The summed E-state index contributed by atoms with van der Waals surface area (Å²) in [6.07, 6.45) is -0.191. The van der Waals surface area contributed by atoms with Gasteiger partial charge in [0.2, 0.25) is 0 Å². The molecular formula is C14H21F2NO. The van der Waals surface area contributed by atoms with Crippen molar-refractivity contribution in [1.82, 2.24) is 0 Å². The van der Waals surface area contributed by atoms with Crippen LogP contribution >= 0.6 is 0 Å². The van der Waals surface area contributed by atoms with Crippen LogP contribution in [0.5, 0.6) is 0 Å². The standard InChI is InChI=1S/C14H21F2NO/c1-14(2,3)7-13(18)12(8-17)9-4-10(15)6-11(16)5-9/h4-6,12-13,18H,7-8,17H2,1-3H3. The molecular weight excluding hydrogens is 236 g/mol. The van der Waals surface area contributed by atoms with Gasteiger partial charge in [-0.05, 0) is 29.5 Å². The van der Waals surface area contributed by atoms with Crippen LogP contribution in [0.15, 0.2) is 18.2 Å². The highest BCUT2D eigenvalue weighted by molar-refractivity contribution is 5.23. The zero-order valence-electron chi connectivity index (χ0n) is 11.1. The monoisotopic (exact) mass is 257 g/mol. The molecule has 2 nitrogen and oxygen atoms in total. The van der Waals surface area contributed by atoms with Crippen LogP contribution in [0.3, 0.4) is 0 Å². The van der Waals surface area contributed by atoms with E-state index >= 15 is 0 Å². The van der Waals surface area contributed by atoms with E-state index in [1.54, 1.807) is 0 Å². The summed E-state index contributed by atoms with van der Waals surface area (Å²) >= 11 is 0. The SMILES string of the molecule is CC(C)(C)CC(O)C(CN)c1cc(F)cc(F)c1. The molecule has 0 aromatic heterocycles. The summed E-state index contributed by atoms with van der Waals surface area (Å²) < 4.78 is 26.3. The number of nitrogens with two attached hydrogens (primary N) is 1. The van der Waals surface area contributed by atoms with Gasteiger partial charge in [0.15, 0.2) is 0 Å². The fourth-order valence-corrected chi connectivity index (χ4v) is 2.07. The molecule has 0 saturated heterocycles. The average Bonchev–Trinajstić information content (AvgIpc) is 2.13. The average molecular weight is 257 g/mol. The topological polar surface area (TPSA) is 46.2 Å². The second-order valence-electron chi connectivity index (χ2n) is 5.88. The molecule has 2 atom stereocenters. The second kappa shape index (κ2) is 5.76. The van der Waals surface area contributed by atoms with E-state index in [0.717, 1.165) is 6.07 Å². The zero-order chi connectivity index (χ0) is 13.9. The summed E-state index contributed by atoms with van der Waals surface area (Å²) in [7, 11) is 0. The predicted molar refractivity (Wildman–Crippen MR) is 68.2 cm³/mol. The molecule has 0 aliphatic carbocycles. The van der Waals surface area contributed by atoms with Crippen molar-refractivity contribution < 1.29 is 13.9 Å². The summed E-state index contributed by atoms with van der Waals surface area (Å²) in [5.41, 5.74) is 5.96. The summed E-state index contributed by atoms with van der Waals surface area (Å²) in [5, 5.41) is 10.2. The van der Waals surface area contributed by atoms with Gasteiger partial charge in [0.25, 0.3) is 0 Å². The third-order valence-electron chi connectivity index (χ3n) is 2.85. The molecule has 0 amide bonds. The van der Waals surface area contributed by atoms with Crippen LogP contribution in [0.4, 0.5) is 8.78 Å². The molecule has 0 saturated carbocycles. The van der Waals surface area contributed by atoms with Gasteiger partial charge in [0.1, 0.15) is 11.6 Å². The van der Waals surface area contributed by atoms with Crippen molar-refractivity contribution in [2.75, 3.05) is 6.54 Å². The minimum atomic E-state index is -0.712. The lowest BCUT2D eigenvalue weighted by atomic mass is 9.82. The Balaban J connectivity index is 2.95. The van der Waals surface area contributed by atoms with Crippen molar-refractivity contribution in [2.45, 2.75) is 39.2 Å². The molecule has 0 spiro atoms. The van der Waals surface area contributed by atoms with Gasteiger partial charge in [0.05, 0.1) is 6.10 Å². The quantitative estimate of drug-likeness (QED) is 0.871. The molecule has 0 fully saturated rings. The molecule has 0 bridgehead atoms. The van der Waals surface area contributed by atoms with E-state index in [1.807, 2.05) is 20.8 Å². The van der Waals surface area contributed by atoms with Crippen molar-refractivity contribution in [3.8, 4) is 0 Å². The van der Waals surface area contributed by atoms with Gasteiger partial charge in [-0.1, -0.05) is 20.8 Å². The minimum absolute atomic E-state index is 0.0707. The predicted octanol–water partition coefficient (Wildman–Crippen LogP) is 2.80. The van der Waals surface area contributed by atoms with Crippen LogP contribution in [0.25, 0.3) is 0 Å². The highest BCUT2D eigenvalue weighted by Gasteiger charge is 2.25. The number of aliphatic hydroxyl groups is 1. The van der Waals surface area contributed by atoms with E-state index < -0.39 is 23.7 Å². The molecule has 1 aromatic carbocycles. The van der Waals surface area contributed by atoms with E-state index in [0.29, 0.717) is 12.0 Å². The molecule has 4 heteroatoms. The van der Waals surface area contributed by atoms with Crippen molar-refractivity contribution in [3.05, 3.63) is 35.4 Å². The number of rotatable bonds is 4. The molecule has 0 radical (unpaired) electrons. The Kier molecular flexibility index (Phi) is 4.82. The lowest BCUT2D eigenvalue weighted by molar-refractivity contribution is 0.0970. The Bertz CT molecular complexity index is 381. The molecule has 2 unspecified atom stereocenters. The molecule has 1 rings (SSSR count). The minimum Gasteiger partial charge on any atom is -0.392 e. The van der Waals surface area contributed by atoms with Crippen molar-refractivity contribution >= 4 is 0 Å². The van der Waals surface area contributed by atoms with Crippen LogP contribution in [0.1, 0.15) is 38.7 Å².